The summed E-state index contributed by atoms with van der Waals surface area (Å²) < 4.78 is 46.8. The Bertz CT molecular complexity index is 528. The summed E-state index contributed by atoms with van der Waals surface area (Å²) in [5, 5.41) is 14.9. The predicted molar refractivity (Wildman–Crippen MR) is 44.4 cm³/mol. The van der Waals surface area contributed by atoms with E-state index < -0.39 is 37.2 Å². The van der Waals surface area contributed by atoms with Gasteiger partial charge in [0.05, 0.1) is 11.0 Å². The Kier molecular flexibility index (Phi) is 2.69. The van der Waals surface area contributed by atoms with Gasteiger partial charge in [0.2, 0.25) is 10.0 Å². The molecule has 82 valence electrons. The number of rotatable bonds is 2. The number of halogens is 2. The van der Waals surface area contributed by atoms with Gasteiger partial charge in [-0.3, -0.25) is 10.1 Å². The maximum absolute atomic E-state index is 12.6. The molecule has 0 aliphatic carbocycles. The maximum atomic E-state index is 12.6. The fourth-order valence-electron chi connectivity index (χ4n) is 0.889. The van der Waals surface area contributed by atoms with Gasteiger partial charge in [0.1, 0.15) is 0 Å². The molecule has 0 radical (unpaired) electrons. The minimum absolute atomic E-state index is 0.162. The Hall–Kier alpha value is -1.61. The van der Waals surface area contributed by atoms with Crippen LogP contribution in [0.3, 0.4) is 0 Å². The first-order valence-corrected chi connectivity index (χ1v) is 4.94. The third kappa shape index (κ3) is 2.25. The molecule has 2 N–H and O–H groups in total. The zero-order valence-electron chi connectivity index (χ0n) is 6.98. The van der Waals surface area contributed by atoms with E-state index in [0.29, 0.717) is 0 Å². The van der Waals surface area contributed by atoms with Crippen molar-refractivity contribution in [2.24, 2.45) is 5.14 Å². The summed E-state index contributed by atoms with van der Waals surface area (Å²) in [7, 11) is -4.47. The lowest BCUT2D eigenvalue weighted by atomic mass is 10.3. The Labute approximate surface area is 82.5 Å². The Morgan fingerprint density at radius 3 is 2.13 bits per heavy atom. The SMILES string of the molecule is NS(=O)(=O)c1cc(F)c(F)cc1[N+](=O)[O-]. The number of nitrogens with zero attached hydrogens (tertiary/aromatic N) is 1. The summed E-state index contributed by atoms with van der Waals surface area (Å²) in [4.78, 5) is 8.10. The van der Waals surface area contributed by atoms with Crippen LogP contribution in [0.15, 0.2) is 17.0 Å². The summed E-state index contributed by atoms with van der Waals surface area (Å²) in [5.41, 5.74) is -1.10. The first-order valence-electron chi connectivity index (χ1n) is 3.39. The number of benzene rings is 1. The van der Waals surface area contributed by atoms with Crippen molar-refractivity contribution < 1.29 is 22.1 Å². The lowest BCUT2D eigenvalue weighted by molar-refractivity contribution is -0.388. The van der Waals surface area contributed by atoms with Gasteiger partial charge in [-0.2, -0.15) is 0 Å². The van der Waals surface area contributed by atoms with Crippen molar-refractivity contribution in [2.75, 3.05) is 0 Å². The molecule has 9 heteroatoms. The van der Waals surface area contributed by atoms with Gasteiger partial charge in [-0.05, 0) is 0 Å². The van der Waals surface area contributed by atoms with Crippen LogP contribution in [0.5, 0.6) is 0 Å². The van der Waals surface area contributed by atoms with Crippen LogP contribution in [0.2, 0.25) is 0 Å². The molecule has 0 aliphatic rings. The minimum Gasteiger partial charge on any atom is -0.258 e. The molecular formula is C6H4F2N2O4S. The first kappa shape index (κ1) is 11.5. The normalized spacial score (nSPS) is 11.4. The highest BCUT2D eigenvalue weighted by Gasteiger charge is 2.25. The summed E-state index contributed by atoms with van der Waals surface area (Å²) in [6.07, 6.45) is 0. The van der Waals surface area contributed by atoms with Crippen LogP contribution >= 0.6 is 0 Å². The molecule has 15 heavy (non-hydrogen) atoms. The van der Waals surface area contributed by atoms with Crippen molar-refractivity contribution in [1.29, 1.82) is 0 Å². The molecule has 6 nitrogen and oxygen atoms in total. The Morgan fingerprint density at radius 2 is 1.73 bits per heavy atom. The van der Waals surface area contributed by atoms with Gasteiger partial charge in [-0.15, -0.1) is 0 Å². The molecule has 0 aliphatic heterocycles. The van der Waals surface area contributed by atoms with E-state index in [9.17, 15) is 27.3 Å². The summed E-state index contributed by atoms with van der Waals surface area (Å²) in [6.45, 7) is 0. The van der Waals surface area contributed by atoms with Crippen LogP contribution < -0.4 is 5.14 Å². The molecule has 0 amide bonds. The minimum atomic E-state index is -4.47. The Morgan fingerprint density at radius 1 is 1.27 bits per heavy atom. The van der Waals surface area contributed by atoms with E-state index in [1.807, 2.05) is 0 Å². The number of nitrogens with two attached hydrogens (primary N) is 1. The lowest BCUT2D eigenvalue weighted by Crippen LogP contribution is -2.15. The van der Waals surface area contributed by atoms with Crippen LogP contribution in [0, 0.1) is 21.7 Å². The second kappa shape index (κ2) is 3.51. The van der Waals surface area contributed by atoms with Crippen molar-refractivity contribution in [3.63, 3.8) is 0 Å². The van der Waals surface area contributed by atoms with Crippen molar-refractivity contribution in [1.82, 2.24) is 0 Å². The maximum Gasteiger partial charge on any atom is 0.292 e. The molecule has 0 heterocycles. The molecule has 1 aromatic carbocycles. The highest BCUT2D eigenvalue weighted by molar-refractivity contribution is 7.89. The van der Waals surface area contributed by atoms with Gasteiger partial charge in [-0.1, -0.05) is 0 Å². The van der Waals surface area contributed by atoms with Crippen LogP contribution in [0.25, 0.3) is 0 Å². The molecule has 0 saturated heterocycles. The highest BCUT2D eigenvalue weighted by atomic mass is 32.2. The van der Waals surface area contributed by atoms with Crippen molar-refractivity contribution in [3.8, 4) is 0 Å². The van der Waals surface area contributed by atoms with Gasteiger partial charge in [0, 0.05) is 6.07 Å². The van der Waals surface area contributed by atoms with E-state index in [1.165, 1.54) is 0 Å². The van der Waals surface area contributed by atoms with Crippen molar-refractivity contribution >= 4 is 15.7 Å². The molecule has 0 fully saturated rings. The molecule has 0 atom stereocenters. The van der Waals surface area contributed by atoms with Gasteiger partial charge in [0.15, 0.2) is 16.5 Å². The lowest BCUT2D eigenvalue weighted by Gasteiger charge is -2.00. The average Bonchev–Trinajstić information content (AvgIpc) is 2.06. The van der Waals surface area contributed by atoms with E-state index in [0.717, 1.165) is 0 Å². The average molecular weight is 238 g/mol. The fraction of sp³-hybridized carbons (Fsp3) is 0. The summed E-state index contributed by atoms with van der Waals surface area (Å²) >= 11 is 0. The first-order chi connectivity index (χ1) is 6.73. The molecule has 0 saturated carbocycles. The predicted octanol–water partition coefficient (Wildman–Crippen LogP) is 0.520. The third-order valence-corrected chi connectivity index (χ3v) is 2.45. The number of hydrogen-bond acceptors (Lipinski definition) is 4. The van der Waals surface area contributed by atoms with E-state index in [2.05, 4.69) is 5.14 Å². The van der Waals surface area contributed by atoms with Crippen LogP contribution in [0.4, 0.5) is 14.5 Å². The van der Waals surface area contributed by atoms with E-state index >= 15 is 0 Å². The van der Waals surface area contributed by atoms with E-state index in [-0.39, 0.29) is 12.1 Å². The molecule has 0 unspecified atom stereocenters. The zero-order valence-corrected chi connectivity index (χ0v) is 7.79. The highest BCUT2D eigenvalue weighted by Crippen LogP contribution is 2.25. The number of nitro benzene ring substituents is 1. The number of nitro groups is 1. The van der Waals surface area contributed by atoms with Gasteiger partial charge >= 0.3 is 0 Å². The quantitative estimate of drug-likeness (QED) is 0.599. The van der Waals surface area contributed by atoms with Crippen molar-refractivity contribution in [2.45, 2.75) is 4.90 Å². The smallest absolute Gasteiger partial charge is 0.258 e. The van der Waals surface area contributed by atoms with Gasteiger partial charge in [0.25, 0.3) is 5.69 Å². The third-order valence-electron chi connectivity index (χ3n) is 1.51. The molecular weight excluding hydrogens is 234 g/mol. The number of sulfonamides is 1. The van der Waals surface area contributed by atoms with E-state index in [1.54, 1.807) is 0 Å². The second-order valence-electron chi connectivity index (χ2n) is 2.54. The zero-order chi connectivity index (χ0) is 11.8. The van der Waals surface area contributed by atoms with Crippen molar-refractivity contribution in [3.05, 3.63) is 33.9 Å². The number of hydrogen-bond donors (Lipinski definition) is 1. The van der Waals surface area contributed by atoms with Gasteiger partial charge < -0.3 is 0 Å². The molecule has 0 bridgehead atoms. The Balaban J connectivity index is 3.64. The molecule has 1 aromatic rings. The molecule has 1 rings (SSSR count). The number of primary sulfonamides is 1. The summed E-state index contributed by atoms with van der Waals surface area (Å²) in [6, 6.07) is 0.331. The van der Waals surface area contributed by atoms with E-state index in [4.69, 9.17) is 0 Å². The fourth-order valence-corrected chi connectivity index (χ4v) is 1.58. The molecule has 0 spiro atoms. The molecule has 0 aromatic heterocycles. The van der Waals surface area contributed by atoms with Crippen LogP contribution in [-0.2, 0) is 10.0 Å². The summed E-state index contributed by atoms with van der Waals surface area (Å²) in [5.74, 6) is -3.04. The monoisotopic (exact) mass is 238 g/mol. The topological polar surface area (TPSA) is 103 Å². The largest absolute Gasteiger partial charge is 0.292 e. The van der Waals surface area contributed by atoms with Crippen LogP contribution in [-0.4, -0.2) is 13.3 Å². The standard InChI is InChI=1S/C6H4F2N2O4S/c7-3-1-5(10(11)12)6(2-4(3)8)15(9,13)14/h1-2H,(H2,9,13,14). The van der Waals surface area contributed by atoms with Gasteiger partial charge in [-0.25, -0.2) is 22.3 Å². The van der Waals surface area contributed by atoms with Crippen LogP contribution in [0.1, 0.15) is 0 Å². The second-order valence-corrected chi connectivity index (χ2v) is 4.07.